The molecule has 0 unspecified atom stereocenters. The Morgan fingerprint density at radius 2 is 2.32 bits per heavy atom. The van der Waals surface area contributed by atoms with Crippen LogP contribution in [0.2, 0.25) is 0 Å². The highest BCUT2D eigenvalue weighted by atomic mass is 16.5. The molecular weight excluding hydrogens is 248 g/mol. The largest absolute Gasteiger partial charge is 0.497 e. The van der Waals surface area contributed by atoms with Crippen LogP contribution in [0.1, 0.15) is 10.4 Å². The molecule has 1 N–H and O–H groups in total. The average molecular weight is 262 g/mol. The number of benzene rings is 1. The van der Waals surface area contributed by atoms with Gasteiger partial charge in [-0.3, -0.25) is 0 Å². The number of hydrogen-bond donors (Lipinski definition) is 1. The molecule has 6 nitrogen and oxygen atoms in total. The Bertz CT molecular complexity index is 552. The normalized spacial score (nSPS) is 10.2. The molecular formula is C13H14N2O4. The van der Waals surface area contributed by atoms with Crippen molar-refractivity contribution in [3.05, 3.63) is 42.5 Å². The molecule has 0 aliphatic carbocycles. The zero-order valence-corrected chi connectivity index (χ0v) is 10.4. The van der Waals surface area contributed by atoms with Crippen molar-refractivity contribution in [3.8, 4) is 11.5 Å². The number of aromatic carboxylic acids is 1. The van der Waals surface area contributed by atoms with E-state index in [1.165, 1.54) is 13.2 Å². The monoisotopic (exact) mass is 262 g/mol. The van der Waals surface area contributed by atoms with E-state index in [1.807, 2.05) is 10.8 Å². The molecule has 0 saturated carbocycles. The van der Waals surface area contributed by atoms with Crippen molar-refractivity contribution in [2.45, 2.75) is 6.54 Å². The van der Waals surface area contributed by atoms with Crippen LogP contribution >= 0.6 is 0 Å². The summed E-state index contributed by atoms with van der Waals surface area (Å²) >= 11 is 0. The van der Waals surface area contributed by atoms with Gasteiger partial charge in [0, 0.05) is 12.4 Å². The predicted octanol–water partition coefficient (Wildman–Crippen LogP) is 1.67. The standard InChI is InChI=1S/C13H14N2O4/c1-18-10-2-3-12(11(8-10)13(16)17)19-7-6-15-5-4-14-9-15/h2-5,8-9H,6-7H2,1H3,(H,16,17). The number of methoxy groups -OCH3 is 1. The highest BCUT2D eigenvalue weighted by Gasteiger charge is 2.12. The molecule has 2 aromatic rings. The summed E-state index contributed by atoms with van der Waals surface area (Å²) in [6.07, 6.45) is 5.17. The molecule has 2 rings (SSSR count). The molecule has 0 saturated heterocycles. The summed E-state index contributed by atoms with van der Waals surface area (Å²) in [6.45, 7) is 0.966. The first-order valence-corrected chi connectivity index (χ1v) is 5.70. The number of nitrogens with zero attached hydrogens (tertiary/aromatic N) is 2. The maximum Gasteiger partial charge on any atom is 0.339 e. The van der Waals surface area contributed by atoms with Crippen molar-refractivity contribution in [2.75, 3.05) is 13.7 Å². The van der Waals surface area contributed by atoms with Gasteiger partial charge in [0.05, 0.1) is 20.0 Å². The van der Waals surface area contributed by atoms with E-state index in [0.29, 0.717) is 24.7 Å². The van der Waals surface area contributed by atoms with E-state index in [1.54, 1.807) is 24.7 Å². The number of aromatic nitrogens is 2. The maximum atomic E-state index is 11.1. The van der Waals surface area contributed by atoms with Crippen LogP contribution in [0.25, 0.3) is 0 Å². The molecule has 1 aromatic carbocycles. The van der Waals surface area contributed by atoms with Gasteiger partial charge in [-0.25, -0.2) is 9.78 Å². The third kappa shape index (κ3) is 3.25. The lowest BCUT2D eigenvalue weighted by Gasteiger charge is -2.10. The second kappa shape index (κ2) is 5.90. The van der Waals surface area contributed by atoms with Crippen LogP contribution in [-0.4, -0.2) is 34.3 Å². The molecule has 0 aliphatic rings. The minimum absolute atomic E-state index is 0.0879. The molecule has 100 valence electrons. The second-order valence-corrected chi connectivity index (χ2v) is 3.82. The molecule has 6 heteroatoms. The summed E-state index contributed by atoms with van der Waals surface area (Å²) in [7, 11) is 1.49. The molecule has 1 heterocycles. The van der Waals surface area contributed by atoms with Gasteiger partial charge in [-0.05, 0) is 18.2 Å². The molecule has 0 atom stereocenters. The molecule has 0 radical (unpaired) electrons. The lowest BCUT2D eigenvalue weighted by atomic mass is 10.2. The van der Waals surface area contributed by atoms with E-state index < -0.39 is 5.97 Å². The quantitative estimate of drug-likeness (QED) is 0.857. The number of imidazole rings is 1. The van der Waals surface area contributed by atoms with E-state index in [9.17, 15) is 4.79 Å². The maximum absolute atomic E-state index is 11.1. The zero-order valence-electron chi connectivity index (χ0n) is 10.4. The van der Waals surface area contributed by atoms with Gasteiger partial charge < -0.3 is 19.1 Å². The van der Waals surface area contributed by atoms with Crippen molar-refractivity contribution in [2.24, 2.45) is 0 Å². The van der Waals surface area contributed by atoms with Crippen molar-refractivity contribution in [3.63, 3.8) is 0 Å². The smallest absolute Gasteiger partial charge is 0.339 e. The van der Waals surface area contributed by atoms with Crippen LogP contribution in [0, 0.1) is 0 Å². The van der Waals surface area contributed by atoms with Gasteiger partial charge in [0.1, 0.15) is 23.7 Å². The van der Waals surface area contributed by atoms with Gasteiger partial charge in [-0.15, -0.1) is 0 Å². The lowest BCUT2D eigenvalue weighted by molar-refractivity contribution is 0.0691. The van der Waals surface area contributed by atoms with E-state index in [0.717, 1.165) is 0 Å². The number of rotatable bonds is 6. The predicted molar refractivity (Wildman–Crippen MR) is 67.7 cm³/mol. The molecule has 0 spiro atoms. The van der Waals surface area contributed by atoms with Gasteiger partial charge in [0.15, 0.2) is 0 Å². The van der Waals surface area contributed by atoms with Crippen LogP contribution in [0.3, 0.4) is 0 Å². The van der Waals surface area contributed by atoms with Crippen molar-refractivity contribution in [1.82, 2.24) is 9.55 Å². The second-order valence-electron chi connectivity index (χ2n) is 3.82. The van der Waals surface area contributed by atoms with Gasteiger partial charge in [0.25, 0.3) is 0 Å². The van der Waals surface area contributed by atoms with Crippen LogP contribution < -0.4 is 9.47 Å². The van der Waals surface area contributed by atoms with Gasteiger partial charge in [-0.2, -0.15) is 0 Å². The van der Waals surface area contributed by atoms with E-state index in [-0.39, 0.29) is 5.56 Å². The SMILES string of the molecule is COc1ccc(OCCn2ccnc2)c(C(=O)O)c1. The molecule has 1 aromatic heterocycles. The van der Waals surface area contributed by atoms with Gasteiger partial charge in [-0.1, -0.05) is 0 Å². The van der Waals surface area contributed by atoms with Crippen molar-refractivity contribution in [1.29, 1.82) is 0 Å². The average Bonchev–Trinajstić information content (AvgIpc) is 2.92. The van der Waals surface area contributed by atoms with Crippen molar-refractivity contribution < 1.29 is 19.4 Å². The fourth-order valence-corrected chi connectivity index (χ4v) is 1.61. The highest BCUT2D eigenvalue weighted by Crippen LogP contribution is 2.24. The number of carbonyl (C=O) groups is 1. The summed E-state index contributed by atoms with van der Waals surface area (Å²) in [5.41, 5.74) is 0.0879. The first-order valence-electron chi connectivity index (χ1n) is 5.70. The number of carboxylic acid groups (broad SMARTS) is 1. The molecule has 0 bridgehead atoms. The fourth-order valence-electron chi connectivity index (χ4n) is 1.61. The summed E-state index contributed by atoms with van der Waals surface area (Å²) in [5, 5.41) is 9.12. The first-order chi connectivity index (χ1) is 9.20. The molecule has 19 heavy (non-hydrogen) atoms. The Morgan fingerprint density at radius 1 is 1.47 bits per heavy atom. The van der Waals surface area contributed by atoms with Crippen LogP contribution in [-0.2, 0) is 6.54 Å². The summed E-state index contributed by atoms with van der Waals surface area (Å²) < 4.78 is 12.3. The van der Waals surface area contributed by atoms with Gasteiger partial charge >= 0.3 is 5.97 Å². The topological polar surface area (TPSA) is 73.6 Å². The van der Waals surface area contributed by atoms with Crippen molar-refractivity contribution >= 4 is 5.97 Å². The van der Waals surface area contributed by atoms with E-state index in [4.69, 9.17) is 14.6 Å². The molecule has 0 amide bonds. The highest BCUT2D eigenvalue weighted by molar-refractivity contribution is 5.91. The summed E-state index contributed by atoms with van der Waals surface area (Å²) in [4.78, 5) is 15.0. The van der Waals surface area contributed by atoms with Crippen LogP contribution in [0.5, 0.6) is 11.5 Å². The third-order valence-electron chi connectivity index (χ3n) is 2.58. The Labute approximate surface area is 110 Å². The summed E-state index contributed by atoms with van der Waals surface area (Å²) in [6, 6.07) is 4.70. The summed E-state index contributed by atoms with van der Waals surface area (Å²) in [5.74, 6) is -0.232. The lowest BCUT2D eigenvalue weighted by Crippen LogP contribution is -2.09. The first kappa shape index (κ1) is 12.9. The minimum atomic E-state index is -1.04. The Kier molecular flexibility index (Phi) is 4.02. The number of ether oxygens (including phenoxy) is 2. The third-order valence-corrected chi connectivity index (χ3v) is 2.58. The Morgan fingerprint density at radius 3 is 2.95 bits per heavy atom. The Hall–Kier alpha value is -2.50. The van der Waals surface area contributed by atoms with Crippen LogP contribution in [0.4, 0.5) is 0 Å². The van der Waals surface area contributed by atoms with Gasteiger partial charge in [0.2, 0.25) is 0 Å². The molecule has 0 fully saturated rings. The number of carboxylic acids is 1. The van der Waals surface area contributed by atoms with E-state index in [2.05, 4.69) is 4.98 Å². The minimum Gasteiger partial charge on any atom is -0.497 e. The molecule has 0 aliphatic heterocycles. The fraction of sp³-hybridized carbons (Fsp3) is 0.231. The Balaban J connectivity index is 2.04. The van der Waals surface area contributed by atoms with Crippen LogP contribution in [0.15, 0.2) is 36.9 Å². The zero-order chi connectivity index (χ0) is 13.7. The van der Waals surface area contributed by atoms with E-state index >= 15 is 0 Å². The number of hydrogen-bond acceptors (Lipinski definition) is 4.